The predicted octanol–water partition coefficient (Wildman–Crippen LogP) is 1.62. The normalized spacial score (nSPS) is 22.9. The molecule has 164 valence electrons. The number of rotatable bonds is 5. The van der Waals surface area contributed by atoms with Gasteiger partial charge in [-0.2, -0.15) is 0 Å². The summed E-state index contributed by atoms with van der Waals surface area (Å²) in [6.45, 7) is 1.07. The van der Waals surface area contributed by atoms with Gasteiger partial charge in [-0.05, 0) is 17.7 Å². The number of thiazole rings is 1. The molecule has 10 heteroatoms. The van der Waals surface area contributed by atoms with Gasteiger partial charge in [-0.1, -0.05) is 18.2 Å². The van der Waals surface area contributed by atoms with E-state index < -0.39 is 5.60 Å². The third-order valence-corrected chi connectivity index (χ3v) is 6.72. The molecular formula is C22H22N6O3S. The second kappa shape index (κ2) is 7.95. The summed E-state index contributed by atoms with van der Waals surface area (Å²) < 4.78 is 0. The summed E-state index contributed by atoms with van der Waals surface area (Å²) in [7, 11) is 1.70. The minimum absolute atomic E-state index is 0.0145. The molecule has 5 rings (SSSR count). The quantitative estimate of drug-likeness (QED) is 0.540. The Balaban J connectivity index is 1.38. The van der Waals surface area contributed by atoms with E-state index >= 15 is 0 Å². The van der Waals surface area contributed by atoms with Crippen LogP contribution in [-0.2, 0) is 15.2 Å². The lowest BCUT2D eigenvalue weighted by molar-refractivity contribution is -0.143. The van der Waals surface area contributed by atoms with Gasteiger partial charge in [0.2, 0.25) is 11.9 Å². The minimum Gasteiger partial charge on any atom is -0.375 e. The zero-order valence-corrected chi connectivity index (χ0v) is 18.2. The Morgan fingerprint density at radius 3 is 2.88 bits per heavy atom. The maximum Gasteiger partial charge on any atom is 0.258 e. The van der Waals surface area contributed by atoms with Crippen LogP contribution in [0.15, 0.2) is 41.9 Å². The van der Waals surface area contributed by atoms with Gasteiger partial charge in [-0.3, -0.25) is 9.59 Å². The number of likely N-dealkylation sites (tertiary alicyclic amines) is 1. The summed E-state index contributed by atoms with van der Waals surface area (Å²) in [5.74, 6) is 0.182. The first kappa shape index (κ1) is 20.5. The minimum atomic E-state index is -1.49. The molecule has 0 aliphatic carbocycles. The molecule has 0 radical (unpaired) electrons. The number of likely N-dealkylation sites (N-methyl/N-ethyl adjacent to an activating group) is 1. The second-order valence-electron chi connectivity index (χ2n) is 8.07. The summed E-state index contributed by atoms with van der Waals surface area (Å²) in [5.41, 5.74) is 1.29. The van der Waals surface area contributed by atoms with Gasteiger partial charge < -0.3 is 20.6 Å². The Bertz CT molecular complexity index is 1200. The van der Waals surface area contributed by atoms with Crippen molar-refractivity contribution in [3.63, 3.8) is 0 Å². The van der Waals surface area contributed by atoms with Crippen LogP contribution in [0.1, 0.15) is 18.4 Å². The van der Waals surface area contributed by atoms with Crippen LogP contribution in [0.3, 0.4) is 0 Å². The third-order valence-electron chi connectivity index (χ3n) is 5.83. The van der Waals surface area contributed by atoms with Gasteiger partial charge in [0.05, 0.1) is 11.7 Å². The number of anilines is 1. The van der Waals surface area contributed by atoms with E-state index in [0.29, 0.717) is 48.8 Å². The SMILES string of the molecule is CN1CCC(O)(c2cccc(-c3nc(-c4ccnc(NC5CNC(=O)C5)n4)cs3)c2)C1=O. The number of hydrogen-bond acceptors (Lipinski definition) is 8. The van der Waals surface area contributed by atoms with Gasteiger partial charge in [0.1, 0.15) is 10.7 Å². The Hall–Kier alpha value is -3.37. The van der Waals surface area contributed by atoms with Crippen molar-refractivity contribution in [2.75, 3.05) is 25.5 Å². The smallest absolute Gasteiger partial charge is 0.258 e. The van der Waals surface area contributed by atoms with Crippen molar-refractivity contribution in [3.05, 3.63) is 47.5 Å². The van der Waals surface area contributed by atoms with Crippen LogP contribution < -0.4 is 10.6 Å². The number of aromatic nitrogens is 3. The van der Waals surface area contributed by atoms with Crippen LogP contribution in [0.4, 0.5) is 5.95 Å². The fourth-order valence-corrected chi connectivity index (χ4v) is 4.83. The van der Waals surface area contributed by atoms with Gasteiger partial charge in [-0.25, -0.2) is 15.0 Å². The molecule has 9 nitrogen and oxygen atoms in total. The van der Waals surface area contributed by atoms with Gasteiger partial charge in [-0.15, -0.1) is 11.3 Å². The molecule has 0 spiro atoms. The van der Waals surface area contributed by atoms with Gasteiger partial charge in [0.15, 0.2) is 5.60 Å². The number of nitrogens with zero attached hydrogens (tertiary/aromatic N) is 4. The lowest BCUT2D eigenvalue weighted by atomic mass is 9.91. The second-order valence-corrected chi connectivity index (χ2v) is 8.93. The number of hydrogen-bond donors (Lipinski definition) is 3. The first-order chi connectivity index (χ1) is 15.4. The molecule has 2 atom stereocenters. The molecule has 2 unspecified atom stereocenters. The number of amides is 2. The predicted molar refractivity (Wildman–Crippen MR) is 120 cm³/mol. The van der Waals surface area contributed by atoms with E-state index in [1.807, 2.05) is 23.6 Å². The lowest BCUT2D eigenvalue weighted by Gasteiger charge is -2.21. The van der Waals surface area contributed by atoms with E-state index in [9.17, 15) is 14.7 Å². The van der Waals surface area contributed by atoms with Crippen molar-refractivity contribution in [2.45, 2.75) is 24.5 Å². The van der Waals surface area contributed by atoms with Crippen molar-refractivity contribution in [1.82, 2.24) is 25.2 Å². The molecule has 2 amide bonds. The van der Waals surface area contributed by atoms with Gasteiger partial charge >= 0.3 is 0 Å². The first-order valence-corrected chi connectivity index (χ1v) is 11.2. The highest BCUT2D eigenvalue weighted by molar-refractivity contribution is 7.13. The molecule has 32 heavy (non-hydrogen) atoms. The molecule has 3 aromatic rings. The third kappa shape index (κ3) is 3.71. The van der Waals surface area contributed by atoms with Gasteiger partial charge in [0, 0.05) is 50.1 Å². The Morgan fingerprint density at radius 2 is 2.12 bits per heavy atom. The van der Waals surface area contributed by atoms with Crippen LogP contribution in [0, 0.1) is 0 Å². The molecular weight excluding hydrogens is 428 g/mol. The van der Waals surface area contributed by atoms with Crippen LogP contribution in [0.5, 0.6) is 0 Å². The Labute approximate surface area is 188 Å². The van der Waals surface area contributed by atoms with E-state index in [0.717, 1.165) is 10.6 Å². The van der Waals surface area contributed by atoms with Crippen LogP contribution in [0.2, 0.25) is 0 Å². The molecule has 4 heterocycles. The van der Waals surface area contributed by atoms with Crippen molar-refractivity contribution in [3.8, 4) is 22.0 Å². The van der Waals surface area contributed by atoms with E-state index in [4.69, 9.17) is 4.98 Å². The highest BCUT2D eigenvalue weighted by atomic mass is 32.1. The lowest BCUT2D eigenvalue weighted by Crippen LogP contribution is -2.36. The standard InChI is InChI=1S/C22H22N6O3S/c1-28-8-6-22(31,20(28)30)14-4-2-3-13(9-14)19-26-17(12-32-19)16-5-7-23-21(27-16)25-15-10-18(29)24-11-15/h2-5,7,9,12,15,31H,6,8,10-11H2,1H3,(H,24,29)(H,23,25,27). The molecule has 2 aromatic heterocycles. The summed E-state index contributed by atoms with van der Waals surface area (Å²) in [5, 5.41) is 19.6. The molecule has 0 bridgehead atoms. The van der Waals surface area contributed by atoms with Crippen molar-refractivity contribution in [1.29, 1.82) is 0 Å². The molecule has 2 saturated heterocycles. The maximum absolute atomic E-state index is 12.5. The number of carbonyl (C=O) groups excluding carboxylic acids is 2. The fourth-order valence-electron chi connectivity index (χ4n) is 4.02. The molecule has 1 aromatic carbocycles. The summed E-state index contributed by atoms with van der Waals surface area (Å²) >= 11 is 1.46. The molecule has 3 N–H and O–H groups in total. The summed E-state index contributed by atoms with van der Waals surface area (Å²) in [6, 6.07) is 9.11. The summed E-state index contributed by atoms with van der Waals surface area (Å²) in [6.07, 6.45) is 2.43. The topological polar surface area (TPSA) is 120 Å². The van der Waals surface area contributed by atoms with E-state index in [-0.39, 0.29) is 17.9 Å². The molecule has 2 aliphatic rings. The highest BCUT2D eigenvalue weighted by Crippen LogP contribution is 2.36. The van der Waals surface area contributed by atoms with Crippen LogP contribution in [0.25, 0.3) is 22.0 Å². The van der Waals surface area contributed by atoms with E-state index in [2.05, 4.69) is 20.6 Å². The first-order valence-electron chi connectivity index (χ1n) is 10.3. The average Bonchev–Trinajstić information content (AvgIpc) is 3.52. The summed E-state index contributed by atoms with van der Waals surface area (Å²) in [4.78, 5) is 38.9. The molecule has 2 fully saturated rings. The Morgan fingerprint density at radius 1 is 1.25 bits per heavy atom. The van der Waals surface area contributed by atoms with Gasteiger partial charge in [0.25, 0.3) is 5.91 Å². The van der Waals surface area contributed by atoms with E-state index in [1.54, 1.807) is 30.3 Å². The largest absolute Gasteiger partial charge is 0.375 e. The molecule has 0 saturated carbocycles. The van der Waals surface area contributed by atoms with Crippen LogP contribution in [-0.4, -0.2) is 63.0 Å². The van der Waals surface area contributed by atoms with Crippen molar-refractivity contribution < 1.29 is 14.7 Å². The zero-order valence-electron chi connectivity index (χ0n) is 17.4. The molecule has 2 aliphatic heterocycles. The number of carbonyl (C=O) groups is 2. The van der Waals surface area contributed by atoms with Crippen molar-refractivity contribution in [2.24, 2.45) is 0 Å². The number of benzene rings is 1. The zero-order chi connectivity index (χ0) is 22.3. The van der Waals surface area contributed by atoms with Crippen LogP contribution >= 0.6 is 11.3 Å². The maximum atomic E-state index is 12.5. The number of nitrogens with one attached hydrogen (secondary N) is 2. The van der Waals surface area contributed by atoms with Crippen molar-refractivity contribution >= 4 is 29.1 Å². The Kier molecular flexibility index (Phi) is 5.10. The fraction of sp³-hybridized carbons (Fsp3) is 0.318. The van der Waals surface area contributed by atoms with E-state index in [1.165, 1.54) is 11.3 Å². The highest BCUT2D eigenvalue weighted by Gasteiger charge is 2.45. The monoisotopic (exact) mass is 450 g/mol. The average molecular weight is 451 g/mol. The number of aliphatic hydroxyl groups is 1.